The normalized spacial score (nSPS) is 13.5. The molecule has 3 aromatic rings. The molecule has 116 valence electrons. The average molecular weight is 330 g/mol. The maximum Gasteiger partial charge on any atom is 0.323 e. The third-order valence-electron chi connectivity index (χ3n) is 4.48. The maximum absolute atomic E-state index is 6.87. The lowest BCUT2D eigenvalue weighted by atomic mass is 9.47. The van der Waals surface area contributed by atoms with Crippen molar-refractivity contribution in [2.45, 2.75) is 6.92 Å². The van der Waals surface area contributed by atoms with Crippen molar-refractivity contribution in [1.82, 2.24) is 0 Å². The fourth-order valence-electron chi connectivity index (χ4n) is 3.22. The van der Waals surface area contributed by atoms with Gasteiger partial charge in [0, 0.05) is 16.3 Å². The minimum atomic E-state index is 0.0382. The first-order valence-corrected chi connectivity index (χ1v) is 8.49. The Labute approximate surface area is 148 Å². The number of benzene rings is 3. The molecule has 0 spiro atoms. The predicted octanol–water partition coefficient (Wildman–Crippen LogP) is 4.97. The van der Waals surface area contributed by atoms with Gasteiger partial charge in [0.1, 0.15) is 0 Å². The number of aryl methyl sites for hydroxylation is 1. The van der Waals surface area contributed by atoms with Crippen LogP contribution in [0.1, 0.15) is 16.7 Å². The van der Waals surface area contributed by atoms with E-state index in [1.165, 1.54) is 11.0 Å². The molecule has 0 unspecified atom stereocenters. The Morgan fingerprint density at radius 1 is 0.792 bits per heavy atom. The molecule has 3 aromatic carbocycles. The van der Waals surface area contributed by atoms with Crippen molar-refractivity contribution in [3.63, 3.8) is 0 Å². The first-order valence-electron chi connectivity index (χ1n) is 8.11. The van der Waals surface area contributed by atoms with Gasteiger partial charge in [0.15, 0.2) is 0 Å². The van der Waals surface area contributed by atoms with Crippen molar-refractivity contribution in [3.8, 4) is 0 Å². The van der Waals surface area contributed by atoms with Gasteiger partial charge in [0.2, 0.25) is 0 Å². The van der Waals surface area contributed by atoms with Crippen molar-refractivity contribution in [2.75, 3.05) is 5.23 Å². The summed E-state index contributed by atoms with van der Waals surface area (Å²) < 4.78 is 0. The molecule has 0 saturated heterocycles. The number of anilines is 1. The Morgan fingerprint density at radius 2 is 1.46 bits per heavy atom. The Morgan fingerprint density at radius 3 is 2.21 bits per heavy atom. The summed E-state index contributed by atoms with van der Waals surface area (Å²) in [4.78, 5) is 0. The highest BCUT2D eigenvalue weighted by Gasteiger charge is 2.31. The van der Waals surface area contributed by atoms with E-state index in [1.807, 2.05) is 18.2 Å². The van der Waals surface area contributed by atoms with Crippen LogP contribution < -0.4 is 10.7 Å². The van der Waals surface area contributed by atoms with E-state index in [0.29, 0.717) is 0 Å². The minimum absolute atomic E-state index is 0.0382. The van der Waals surface area contributed by atoms with E-state index in [-0.39, 0.29) is 6.85 Å². The number of hydrogen-bond donors (Lipinski definition) is 1. The lowest BCUT2D eigenvalue weighted by molar-refractivity contribution is 1.46. The summed E-state index contributed by atoms with van der Waals surface area (Å²) >= 11 is 6.87. The second-order valence-corrected chi connectivity index (χ2v) is 6.51. The van der Waals surface area contributed by atoms with Crippen LogP contribution in [-0.4, -0.2) is 6.85 Å². The van der Waals surface area contributed by atoms with Crippen molar-refractivity contribution in [3.05, 3.63) is 95.6 Å². The summed E-state index contributed by atoms with van der Waals surface area (Å²) in [6.07, 6.45) is 0. The second-order valence-electron chi connectivity index (χ2n) is 6.13. The smallest absolute Gasteiger partial charge is 0.323 e. The van der Waals surface area contributed by atoms with Gasteiger partial charge in [-0.3, -0.25) is 0 Å². The van der Waals surface area contributed by atoms with Crippen LogP contribution in [0.3, 0.4) is 0 Å². The molecule has 1 heterocycles. The van der Waals surface area contributed by atoms with Gasteiger partial charge in [0.05, 0.1) is 0 Å². The zero-order chi connectivity index (χ0) is 16.5. The van der Waals surface area contributed by atoms with E-state index in [1.54, 1.807) is 0 Å². The van der Waals surface area contributed by atoms with Crippen molar-refractivity contribution in [2.24, 2.45) is 0 Å². The highest BCUT2D eigenvalue weighted by molar-refractivity contribution is 6.96. The second kappa shape index (κ2) is 6.22. The summed E-state index contributed by atoms with van der Waals surface area (Å²) in [6, 6.07) is 27.2. The molecule has 4 rings (SSSR count). The van der Waals surface area contributed by atoms with Gasteiger partial charge in [-0.1, -0.05) is 95.4 Å². The summed E-state index contributed by atoms with van der Waals surface area (Å²) in [5, 5.41) is 4.49. The highest BCUT2D eigenvalue weighted by atomic mass is 35.5. The van der Waals surface area contributed by atoms with Crippen molar-refractivity contribution in [1.29, 1.82) is 0 Å². The molecule has 3 heteroatoms. The molecular formula is C21H17BClN. The lowest BCUT2D eigenvalue weighted by Crippen LogP contribution is -2.42. The van der Waals surface area contributed by atoms with Gasteiger partial charge in [0.25, 0.3) is 0 Å². The van der Waals surface area contributed by atoms with Crippen LogP contribution in [0, 0.1) is 6.92 Å². The summed E-state index contributed by atoms with van der Waals surface area (Å²) in [7, 11) is 0. The summed E-state index contributed by atoms with van der Waals surface area (Å²) in [6.45, 7) is 2.14. The zero-order valence-corrected chi connectivity index (χ0v) is 14.2. The molecular weight excluding hydrogens is 313 g/mol. The molecule has 0 fully saturated rings. The van der Waals surface area contributed by atoms with Crippen LogP contribution in [0.25, 0.3) is 10.5 Å². The van der Waals surface area contributed by atoms with Crippen LogP contribution in [-0.2, 0) is 0 Å². The zero-order valence-electron chi connectivity index (χ0n) is 13.5. The Balaban J connectivity index is 1.93. The molecule has 0 aliphatic carbocycles. The number of para-hydroxylation sites is 1. The minimum Gasteiger partial charge on any atom is -0.420 e. The molecule has 0 bridgehead atoms. The maximum atomic E-state index is 6.87. The molecule has 0 aromatic heterocycles. The van der Waals surface area contributed by atoms with Gasteiger partial charge in [-0.15, -0.1) is 0 Å². The van der Waals surface area contributed by atoms with Gasteiger partial charge in [-0.2, -0.15) is 0 Å². The van der Waals surface area contributed by atoms with E-state index in [9.17, 15) is 0 Å². The number of hydrogen-bond acceptors (Lipinski definition) is 1. The lowest BCUT2D eigenvalue weighted by Gasteiger charge is -2.28. The van der Waals surface area contributed by atoms with Gasteiger partial charge >= 0.3 is 6.85 Å². The molecule has 0 saturated carbocycles. The van der Waals surface area contributed by atoms with E-state index in [4.69, 9.17) is 11.6 Å². The molecule has 0 amide bonds. The SMILES string of the molecule is Cc1ccc(C2=C(Cl)c3ccccc3NB2c2ccccc2)cc1. The van der Waals surface area contributed by atoms with Crippen LogP contribution in [0.4, 0.5) is 5.69 Å². The average Bonchev–Trinajstić information content (AvgIpc) is 2.63. The van der Waals surface area contributed by atoms with E-state index < -0.39 is 0 Å². The monoisotopic (exact) mass is 329 g/mol. The third-order valence-corrected chi connectivity index (χ3v) is 4.89. The predicted molar refractivity (Wildman–Crippen MR) is 106 cm³/mol. The molecule has 1 nitrogen and oxygen atoms in total. The molecule has 1 aliphatic rings. The van der Waals surface area contributed by atoms with Crippen LogP contribution in [0.15, 0.2) is 78.9 Å². The number of rotatable bonds is 2. The molecule has 0 radical (unpaired) electrons. The molecule has 24 heavy (non-hydrogen) atoms. The largest absolute Gasteiger partial charge is 0.420 e. The third kappa shape index (κ3) is 2.63. The fourth-order valence-corrected chi connectivity index (χ4v) is 3.60. The van der Waals surface area contributed by atoms with Crippen LogP contribution in [0.5, 0.6) is 0 Å². The summed E-state index contributed by atoms with van der Waals surface area (Å²) in [5.41, 5.74) is 6.87. The van der Waals surface area contributed by atoms with E-state index >= 15 is 0 Å². The molecule has 1 aliphatic heterocycles. The fraction of sp³-hybridized carbons (Fsp3) is 0.0476. The quantitative estimate of drug-likeness (QED) is 0.655. The number of nitrogens with one attached hydrogen (secondary N) is 1. The van der Waals surface area contributed by atoms with E-state index in [0.717, 1.165) is 27.3 Å². The first kappa shape index (κ1) is 15.1. The Kier molecular flexibility index (Phi) is 3.91. The standard InChI is InChI=1S/C21H17BClN/c1-15-11-13-16(14-12-15)20-21(23)18-9-5-6-10-19(18)24-22(20)17-7-3-2-4-8-17/h2-14,24H,1H3. The van der Waals surface area contributed by atoms with Crippen molar-refractivity contribution >= 4 is 40.1 Å². The number of halogens is 1. The highest BCUT2D eigenvalue weighted by Crippen LogP contribution is 2.39. The van der Waals surface area contributed by atoms with Gasteiger partial charge < -0.3 is 5.23 Å². The Bertz CT molecular complexity index is 901. The topological polar surface area (TPSA) is 12.0 Å². The van der Waals surface area contributed by atoms with Gasteiger partial charge in [-0.05, 0) is 24.0 Å². The van der Waals surface area contributed by atoms with Gasteiger partial charge in [-0.25, -0.2) is 0 Å². The van der Waals surface area contributed by atoms with E-state index in [2.05, 4.69) is 72.8 Å². The Hall–Kier alpha value is -2.45. The molecule has 0 atom stereocenters. The van der Waals surface area contributed by atoms with Crippen LogP contribution >= 0.6 is 11.6 Å². The first-order chi connectivity index (χ1) is 11.7. The van der Waals surface area contributed by atoms with Crippen LogP contribution in [0.2, 0.25) is 0 Å². The van der Waals surface area contributed by atoms with Crippen molar-refractivity contribution < 1.29 is 0 Å². The molecule has 1 N–H and O–H groups in total. The number of fused-ring (bicyclic) bond motifs is 1. The summed E-state index contributed by atoms with van der Waals surface area (Å²) in [5.74, 6) is 0.